The van der Waals surface area contributed by atoms with Crippen LogP contribution in [0.15, 0.2) is 179 Å². The fraction of sp³-hybridized carbons (Fsp3) is 0. The Kier molecular flexibility index (Phi) is 6.10. The van der Waals surface area contributed by atoms with E-state index in [9.17, 15) is 0 Å². The van der Waals surface area contributed by atoms with Crippen LogP contribution < -0.4 is 9.80 Å². The molecule has 0 bridgehead atoms. The maximum atomic E-state index is 6.51. The van der Waals surface area contributed by atoms with E-state index in [-0.39, 0.29) is 0 Å². The highest BCUT2D eigenvalue weighted by atomic mass is 16.3. The number of nitrogens with zero attached hydrogens (tertiary/aromatic N) is 2. The fourth-order valence-corrected chi connectivity index (χ4v) is 6.58. The predicted molar refractivity (Wildman–Crippen MR) is 190 cm³/mol. The fourth-order valence-electron chi connectivity index (χ4n) is 6.58. The zero-order valence-electron chi connectivity index (χ0n) is 24.9. The molecule has 9 rings (SSSR count). The van der Waals surface area contributed by atoms with Crippen LogP contribution in [0, 0.1) is 0 Å². The molecule has 0 unspecified atom stereocenters. The van der Waals surface area contributed by atoms with Gasteiger partial charge in [-0.25, -0.2) is 0 Å². The van der Waals surface area contributed by atoms with E-state index in [4.69, 9.17) is 8.83 Å². The van der Waals surface area contributed by atoms with Crippen molar-refractivity contribution in [2.45, 2.75) is 0 Å². The Morgan fingerprint density at radius 2 is 0.826 bits per heavy atom. The minimum absolute atomic E-state index is 0.835. The second-order valence-electron chi connectivity index (χ2n) is 11.4. The van der Waals surface area contributed by atoms with Crippen LogP contribution in [0.2, 0.25) is 0 Å². The van der Waals surface area contributed by atoms with Crippen molar-refractivity contribution in [1.29, 1.82) is 0 Å². The van der Waals surface area contributed by atoms with Gasteiger partial charge >= 0.3 is 0 Å². The number of hydrogen-bond donors (Lipinski definition) is 0. The first kappa shape index (κ1) is 26.2. The molecule has 9 aromatic rings. The first-order chi connectivity index (χ1) is 22.8. The van der Waals surface area contributed by atoms with Crippen LogP contribution >= 0.6 is 0 Å². The highest BCUT2D eigenvalue weighted by Gasteiger charge is 2.22. The molecule has 0 atom stereocenters. The second-order valence-corrected chi connectivity index (χ2v) is 11.4. The molecule has 0 radical (unpaired) electrons. The maximum Gasteiger partial charge on any atom is 0.137 e. The van der Waals surface area contributed by atoms with Crippen LogP contribution in [0.4, 0.5) is 34.1 Å². The van der Waals surface area contributed by atoms with Gasteiger partial charge < -0.3 is 18.6 Å². The molecule has 0 aliphatic heterocycles. The van der Waals surface area contributed by atoms with Crippen LogP contribution in [-0.2, 0) is 0 Å². The van der Waals surface area contributed by atoms with Crippen molar-refractivity contribution in [3.63, 3.8) is 0 Å². The SMILES string of the molecule is c1ccc(N(c2ccccc2)c2ccc3oc4cccc(N(c5ccccc5)c5ccc6c(c5)oc5ccccc56)c4c3c2)cc1. The van der Waals surface area contributed by atoms with E-state index in [2.05, 4.69) is 149 Å². The minimum atomic E-state index is 0.835. The summed E-state index contributed by atoms with van der Waals surface area (Å²) in [6.07, 6.45) is 0. The van der Waals surface area contributed by atoms with E-state index < -0.39 is 0 Å². The molecule has 0 amide bonds. The molecule has 7 aromatic carbocycles. The van der Waals surface area contributed by atoms with Gasteiger partial charge in [0.05, 0.1) is 11.1 Å². The lowest BCUT2D eigenvalue weighted by Gasteiger charge is -2.26. The first-order valence-corrected chi connectivity index (χ1v) is 15.4. The zero-order chi connectivity index (χ0) is 30.5. The van der Waals surface area contributed by atoms with E-state index in [0.717, 1.165) is 78.0 Å². The number of rotatable bonds is 6. The molecule has 4 heteroatoms. The number of hydrogen-bond acceptors (Lipinski definition) is 4. The van der Waals surface area contributed by atoms with Gasteiger partial charge in [-0.1, -0.05) is 78.9 Å². The first-order valence-electron chi connectivity index (χ1n) is 15.4. The lowest BCUT2D eigenvalue weighted by molar-refractivity contribution is 0.669. The number of fused-ring (bicyclic) bond motifs is 6. The Morgan fingerprint density at radius 3 is 1.54 bits per heavy atom. The molecule has 218 valence electrons. The minimum Gasteiger partial charge on any atom is -0.456 e. The van der Waals surface area contributed by atoms with Gasteiger partial charge in [-0.3, -0.25) is 0 Å². The highest BCUT2D eigenvalue weighted by molar-refractivity contribution is 6.15. The van der Waals surface area contributed by atoms with Crippen LogP contribution in [0.1, 0.15) is 0 Å². The van der Waals surface area contributed by atoms with Crippen molar-refractivity contribution in [2.75, 3.05) is 9.80 Å². The third-order valence-electron chi connectivity index (χ3n) is 8.62. The van der Waals surface area contributed by atoms with Crippen molar-refractivity contribution < 1.29 is 8.83 Å². The topological polar surface area (TPSA) is 32.8 Å². The molecule has 0 saturated carbocycles. The molecule has 0 spiro atoms. The quantitative estimate of drug-likeness (QED) is 0.192. The largest absolute Gasteiger partial charge is 0.456 e. The molecule has 0 fully saturated rings. The van der Waals surface area contributed by atoms with Crippen LogP contribution in [0.5, 0.6) is 0 Å². The standard InChI is InChI=1S/C42H28N2O2/c1-4-13-29(14-5-1)43(30-15-6-2-7-16-30)32-24-26-39-36(27-32)42-37(20-12-22-40(42)45-39)44(31-17-8-3-9-18-31)33-23-25-35-34-19-10-11-21-38(34)46-41(35)28-33/h1-28H. The normalized spacial score (nSPS) is 11.5. The van der Waals surface area contributed by atoms with Gasteiger partial charge in [0.25, 0.3) is 0 Å². The Morgan fingerprint density at radius 1 is 0.304 bits per heavy atom. The summed E-state index contributed by atoms with van der Waals surface area (Å²) in [5, 5.41) is 4.32. The molecule has 46 heavy (non-hydrogen) atoms. The molecule has 0 aliphatic carbocycles. The van der Waals surface area contributed by atoms with Crippen molar-refractivity contribution in [3.8, 4) is 0 Å². The number of benzene rings is 7. The summed E-state index contributed by atoms with van der Waals surface area (Å²) in [5.41, 5.74) is 9.73. The van der Waals surface area contributed by atoms with E-state index in [0.29, 0.717) is 0 Å². The number of para-hydroxylation sites is 4. The molecule has 2 aromatic heterocycles. The van der Waals surface area contributed by atoms with E-state index >= 15 is 0 Å². The lowest BCUT2D eigenvalue weighted by Crippen LogP contribution is -2.10. The molecular formula is C42H28N2O2. The second kappa shape index (κ2) is 10.7. The monoisotopic (exact) mass is 592 g/mol. The van der Waals surface area contributed by atoms with Gasteiger partial charge in [0.1, 0.15) is 22.3 Å². The third kappa shape index (κ3) is 4.31. The summed E-state index contributed by atoms with van der Waals surface area (Å²) in [5.74, 6) is 0. The smallest absolute Gasteiger partial charge is 0.137 e. The van der Waals surface area contributed by atoms with Crippen molar-refractivity contribution in [2.24, 2.45) is 0 Å². The molecule has 0 saturated heterocycles. The predicted octanol–water partition coefficient (Wildman–Crippen LogP) is 12.4. The van der Waals surface area contributed by atoms with Gasteiger partial charge in [-0.15, -0.1) is 0 Å². The van der Waals surface area contributed by atoms with Crippen LogP contribution in [0.25, 0.3) is 43.9 Å². The average Bonchev–Trinajstić information content (AvgIpc) is 3.68. The molecule has 4 nitrogen and oxygen atoms in total. The summed E-state index contributed by atoms with van der Waals surface area (Å²) in [4.78, 5) is 4.58. The van der Waals surface area contributed by atoms with E-state index in [1.54, 1.807) is 0 Å². The van der Waals surface area contributed by atoms with Gasteiger partial charge in [-0.2, -0.15) is 0 Å². The van der Waals surface area contributed by atoms with E-state index in [1.165, 1.54) is 0 Å². The van der Waals surface area contributed by atoms with Gasteiger partial charge in [0.15, 0.2) is 0 Å². The Hall–Kier alpha value is -6.26. The maximum absolute atomic E-state index is 6.51. The molecule has 0 N–H and O–H groups in total. The Bertz CT molecular complexity index is 2440. The van der Waals surface area contributed by atoms with Crippen molar-refractivity contribution in [3.05, 3.63) is 170 Å². The molecular weight excluding hydrogens is 564 g/mol. The van der Waals surface area contributed by atoms with Gasteiger partial charge in [0.2, 0.25) is 0 Å². The van der Waals surface area contributed by atoms with Crippen molar-refractivity contribution >= 4 is 78.0 Å². The summed E-state index contributed by atoms with van der Waals surface area (Å²) >= 11 is 0. The number of furan rings is 2. The summed E-state index contributed by atoms with van der Waals surface area (Å²) in [6.45, 7) is 0. The van der Waals surface area contributed by atoms with Gasteiger partial charge in [-0.05, 0) is 84.9 Å². The highest BCUT2D eigenvalue weighted by Crippen LogP contribution is 2.45. The van der Waals surface area contributed by atoms with Crippen molar-refractivity contribution in [1.82, 2.24) is 0 Å². The van der Waals surface area contributed by atoms with Crippen LogP contribution in [-0.4, -0.2) is 0 Å². The Labute approximate surface area is 265 Å². The Balaban J connectivity index is 1.28. The lowest BCUT2D eigenvalue weighted by atomic mass is 10.1. The average molecular weight is 593 g/mol. The zero-order valence-corrected chi connectivity index (χ0v) is 24.9. The van der Waals surface area contributed by atoms with E-state index in [1.807, 2.05) is 30.3 Å². The summed E-state index contributed by atoms with van der Waals surface area (Å²) in [7, 11) is 0. The van der Waals surface area contributed by atoms with Crippen LogP contribution in [0.3, 0.4) is 0 Å². The summed E-state index contributed by atoms with van der Waals surface area (Å²) < 4.78 is 12.8. The molecule has 2 heterocycles. The molecule has 0 aliphatic rings. The summed E-state index contributed by atoms with van der Waals surface area (Å²) in [6, 6.07) is 58.9. The third-order valence-corrected chi connectivity index (χ3v) is 8.62. The van der Waals surface area contributed by atoms with Gasteiger partial charge in [0, 0.05) is 50.7 Å². The number of anilines is 6.